The Morgan fingerprint density at radius 2 is 1.55 bits per heavy atom. The zero-order valence-corrected chi connectivity index (χ0v) is 18.4. The standard InChI is InChI=1S/C23H30N2O6/c1-5-31-22(26)21(15-18-9-7-6-8-10-18)25(17-29-3)23(27)24(16-28-2)19-11-13-20(30-4)14-12-19/h6-14,21H,5,15-17H2,1-4H3/t21-/m0/s1. The van der Waals surface area contributed by atoms with E-state index < -0.39 is 18.0 Å². The van der Waals surface area contributed by atoms with E-state index in [0.29, 0.717) is 11.4 Å². The highest BCUT2D eigenvalue weighted by Crippen LogP contribution is 2.22. The molecule has 8 nitrogen and oxygen atoms in total. The van der Waals surface area contributed by atoms with Gasteiger partial charge in [-0.3, -0.25) is 9.80 Å². The predicted octanol–water partition coefficient (Wildman–Crippen LogP) is 3.31. The number of hydrogen-bond donors (Lipinski definition) is 0. The number of anilines is 1. The number of nitrogens with zero attached hydrogens (tertiary/aromatic N) is 2. The molecule has 0 N–H and O–H groups in total. The zero-order valence-electron chi connectivity index (χ0n) is 18.4. The lowest BCUT2D eigenvalue weighted by Gasteiger charge is -2.34. The maximum absolute atomic E-state index is 13.6. The molecule has 0 saturated carbocycles. The molecule has 0 aliphatic heterocycles. The van der Waals surface area contributed by atoms with Gasteiger partial charge in [0, 0.05) is 26.3 Å². The Balaban J connectivity index is 2.39. The van der Waals surface area contributed by atoms with Gasteiger partial charge in [0.05, 0.1) is 13.7 Å². The Bertz CT molecular complexity index is 813. The van der Waals surface area contributed by atoms with Crippen molar-refractivity contribution in [1.29, 1.82) is 0 Å². The summed E-state index contributed by atoms with van der Waals surface area (Å²) in [5.41, 5.74) is 1.49. The molecule has 0 bridgehead atoms. The molecule has 0 saturated heterocycles. The highest BCUT2D eigenvalue weighted by atomic mass is 16.5. The second kappa shape index (κ2) is 12.6. The molecular weight excluding hydrogens is 400 g/mol. The number of ether oxygens (including phenoxy) is 4. The molecule has 0 spiro atoms. The van der Waals surface area contributed by atoms with Crippen LogP contribution in [0.5, 0.6) is 5.75 Å². The number of amides is 2. The van der Waals surface area contributed by atoms with Gasteiger partial charge < -0.3 is 18.9 Å². The summed E-state index contributed by atoms with van der Waals surface area (Å²) in [5.74, 6) is 0.166. The number of esters is 1. The van der Waals surface area contributed by atoms with Crippen LogP contribution >= 0.6 is 0 Å². The zero-order chi connectivity index (χ0) is 22.6. The second-order valence-corrected chi connectivity index (χ2v) is 6.67. The molecule has 0 fully saturated rings. The summed E-state index contributed by atoms with van der Waals surface area (Å²) in [6.07, 6.45) is 0.290. The number of carbonyl (C=O) groups is 2. The number of hydrogen-bond acceptors (Lipinski definition) is 6. The fourth-order valence-corrected chi connectivity index (χ4v) is 3.10. The van der Waals surface area contributed by atoms with Crippen LogP contribution < -0.4 is 9.64 Å². The van der Waals surface area contributed by atoms with E-state index in [1.807, 2.05) is 30.3 Å². The molecule has 2 aromatic rings. The number of benzene rings is 2. The Hall–Kier alpha value is -3.10. The summed E-state index contributed by atoms with van der Waals surface area (Å²) in [6.45, 7) is 1.84. The average Bonchev–Trinajstić information content (AvgIpc) is 2.80. The first-order valence-electron chi connectivity index (χ1n) is 9.96. The minimum atomic E-state index is -0.868. The predicted molar refractivity (Wildman–Crippen MR) is 117 cm³/mol. The largest absolute Gasteiger partial charge is 0.497 e. The molecule has 0 unspecified atom stereocenters. The number of rotatable bonds is 11. The first kappa shape index (κ1) is 24.2. The van der Waals surface area contributed by atoms with Crippen molar-refractivity contribution >= 4 is 17.7 Å². The van der Waals surface area contributed by atoms with E-state index in [0.717, 1.165) is 5.56 Å². The fraction of sp³-hybridized carbons (Fsp3) is 0.391. The Morgan fingerprint density at radius 3 is 2.10 bits per heavy atom. The van der Waals surface area contributed by atoms with Crippen molar-refractivity contribution in [3.05, 3.63) is 60.2 Å². The van der Waals surface area contributed by atoms with Crippen molar-refractivity contribution < 1.29 is 28.5 Å². The van der Waals surface area contributed by atoms with Crippen LogP contribution in [0.25, 0.3) is 0 Å². The SMILES string of the molecule is CCOC(=O)[C@H](Cc1ccccc1)N(COC)C(=O)N(COC)c1ccc(OC)cc1. The highest BCUT2D eigenvalue weighted by Gasteiger charge is 2.34. The summed E-state index contributed by atoms with van der Waals surface area (Å²) in [5, 5.41) is 0. The van der Waals surface area contributed by atoms with Crippen LogP contribution in [0.2, 0.25) is 0 Å². The normalized spacial score (nSPS) is 11.5. The van der Waals surface area contributed by atoms with Crippen LogP contribution in [0.1, 0.15) is 12.5 Å². The minimum absolute atomic E-state index is 0.00768. The van der Waals surface area contributed by atoms with Crippen molar-refractivity contribution in [3.63, 3.8) is 0 Å². The van der Waals surface area contributed by atoms with Crippen LogP contribution in [0, 0.1) is 0 Å². The van der Waals surface area contributed by atoms with E-state index in [2.05, 4.69) is 0 Å². The van der Waals surface area contributed by atoms with Gasteiger partial charge in [-0.1, -0.05) is 30.3 Å². The third-order valence-electron chi connectivity index (χ3n) is 4.59. The number of carbonyl (C=O) groups excluding carboxylic acids is 2. The molecular formula is C23H30N2O6. The molecule has 31 heavy (non-hydrogen) atoms. The number of methoxy groups -OCH3 is 3. The van der Waals surface area contributed by atoms with Crippen molar-refractivity contribution in [2.45, 2.75) is 19.4 Å². The Labute approximate surface area is 183 Å². The van der Waals surface area contributed by atoms with Gasteiger partial charge in [-0.05, 0) is 36.8 Å². The van der Waals surface area contributed by atoms with E-state index in [1.54, 1.807) is 38.3 Å². The van der Waals surface area contributed by atoms with Gasteiger partial charge >= 0.3 is 12.0 Å². The molecule has 2 rings (SSSR count). The number of urea groups is 1. The third kappa shape index (κ3) is 6.70. The topological polar surface area (TPSA) is 77.5 Å². The van der Waals surface area contributed by atoms with Gasteiger partial charge in [-0.2, -0.15) is 0 Å². The minimum Gasteiger partial charge on any atom is -0.497 e. The van der Waals surface area contributed by atoms with Gasteiger partial charge in [0.2, 0.25) is 0 Å². The summed E-state index contributed by atoms with van der Waals surface area (Å²) < 4.78 is 21.0. The third-order valence-corrected chi connectivity index (χ3v) is 4.59. The monoisotopic (exact) mass is 430 g/mol. The van der Waals surface area contributed by atoms with Gasteiger partial charge in [0.15, 0.2) is 0 Å². The van der Waals surface area contributed by atoms with Crippen molar-refractivity contribution in [1.82, 2.24) is 4.90 Å². The average molecular weight is 431 g/mol. The molecule has 8 heteroatoms. The first-order valence-corrected chi connectivity index (χ1v) is 9.96. The van der Waals surface area contributed by atoms with E-state index in [9.17, 15) is 9.59 Å². The van der Waals surface area contributed by atoms with Crippen LogP contribution in [-0.2, 0) is 25.4 Å². The highest BCUT2D eigenvalue weighted by molar-refractivity contribution is 5.94. The summed E-state index contributed by atoms with van der Waals surface area (Å²) >= 11 is 0. The summed E-state index contributed by atoms with van der Waals surface area (Å²) in [6, 6.07) is 15.1. The van der Waals surface area contributed by atoms with Crippen LogP contribution in [-0.4, -0.2) is 64.3 Å². The van der Waals surface area contributed by atoms with Crippen LogP contribution in [0.3, 0.4) is 0 Å². The molecule has 1 atom stereocenters. The molecule has 2 aromatic carbocycles. The van der Waals surface area contributed by atoms with Crippen molar-refractivity contribution in [2.75, 3.05) is 46.3 Å². The smallest absolute Gasteiger partial charge is 0.329 e. The lowest BCUT2D eigenvalue weighted by Crippen LogP contribution is -2.53. The van der Waals surface area contributed by atoms with E-state index in [1.165, 1.54) is 24.0 Å². The Morgan fingerprint density at radius 1 is 0.903 bits per heavy atom. The molecule has 2 amide bonds. The van der Waals surface area contributed by atoms with Crippen molar-refractivity contribution in [3.8, 4) is 5.75 Å². The molecule has 0 heterocycles. The maximum Gasteiger partial charge on any atom is 0.329 e. The second-order valence-electron chi connectivity index (χ2n) is 6.67. The van der Waals surface area contributed by atoms with Crippen molar-refractivity contribution in [2.24, 2.45) is 0 Å². The van der Waals surface area contributed by atoms with Crippen LogP contribution in [0.4, 0.5) is 10.5 Å². The van der Waals surface area contributed by atoms with E-state index in [-0.39, 0.29) is 26.5 Å². The van der Waals surface area contributed by atoms with E-state index >= 15 is 0 Å². The van der Waals surface area contributed by atoms with Gasteiger partial charge in [0.1, 0.15) is 25.3 Å². The molecule has 168 valence electrons. The van der Waals surface area contributed by atoms with E-state index in [4.69, 9.17) is 18.9 Å². The summed E-state index contributed by atoms with van der Waals surface area (Å²) in [7, 11) is 4.54. The quantitative estimate of drug-likeness (QED) is 0.402. The fourth-order valence-electron chi connectivity index (χ4n) is 3.10. The maximum atomic E-state index is 13.6. The van der Waals surface area contributed by atoms with Gasteiger partial charge in [-0.25, -0.2) is 9.59 Å². The lowest BCUT2D eigenvalue weighted by molar-refractivity contribution is -0.149. The van der Waals surface area contributed by atoms with Gasteiger partial charge in [0.25, 0.3) is 0 Å². The van der Waals surface area contributed by atoms with Gasteiger partial charge in [-0.15, -0.1) is 0 Å². The molecule has 0 aliphatic rings. The summed E-state index contributed by atoms with van der Waals surface area (Å²) in [4.78, 5) is 29.2. The molecule has 0 radical (unpaired) electrons. The molecule has 0 aromatic heterocycles. The lowest BCUT2D eigenvalue weighted by atomic mass is 10.0. The Kier molecular flexibility index (Phi) is 9.80. The first-order chi connectivity index (χ1) is 15.0. The van der Waals surface area contributed by atoms with Crippen LogP contribution in [0.15, 0.2) is 54.6 Å². The molecule has 0 aliphatic carbocycles.